The van der Waals surface area contributed by atoms with Crippen LogP contribution in [-0.4, -0.2) is 32.3 Å². The smallest absolute Gasteiger partial charge is 0.259 e. The van der Waals surface area contributed by atoms with Crippen LogP contribution in [-0.2, 0) is 31.5 Å². The maximum atomic E-state index is 13.2. The molecule has 2 atom stereocenters. The van der Waals surface area contributed by atoms with E-state index in [4.69, 9.17) is 5.73 Å². The van der Waals surface area contributed by atoms with Crippen molar-refractivity contribution in [2.75, 3.05) is 6.26 Å². The van der Waals surface area contributed by atoms with Gasteiger partial charge in [0, 0.05) is 19.2 Å². The van der Waals surface area contributed by atoms with Gasteiger partial charge in [0.15, 0.2) is 21.2 Å². The lowest BCUT2D eigenvalue weighted by Gasteiger charge is -2.25. The Bertz CT molecular complexity index is 837. The third-order valence-corrected chi connectivity index (χ3v) is 5.44. The lowest BCUT2D eigenvalue weighted by molar-refractivity contribution is -0.138. The quantitative estimate of drug-likeness (QED) is 0.754. The third-order valence-electron chi connectivity index (χ3n) is 4.33. The number of hydrogen-bond donors (Lipinski definition) is 2. The van der Waals surface area contributed by atoms with Crippen LogP contribution in [0.5, 0.6) is 0 Å². The van der Waals surface area contributed by atoms with Gasteiger partial charge in [-0.2, -0.15) is 0 Å². The van der Waals surface area contributed by atoms with E-state index in [0.29, 0.717) is 5.56 Å². The minimum absolute atomic E-state index is 0.00827. The summed E-state index contributed by atoms with van der Waals surface area (Å²) in [5, 5.41) is 2.62. The van der Waals surface area contributed by atoms with Crippen molar-refractivity contribution in [1.29, 1.82) is 0 Å². The molecule has 2 aliphatic rings. The summed E-state index contributed by atoms with van der Waals surface area (Å²) in [5.41, 5.74) is 3.83. The molecule has 0 spiro atoms. The minimum Gasteiger partial charge on any atom is -0.367 e. The number of sulfone groups is 1. The van der Waals surface area contributed by atoms with Crippen molar-refractivity contribution >= 4 is 21.5 Å². The monoisotopic (exact) mass is 344 g/mol. The van der Waals surface area contributed by atoms with Crippen LogP contribution in [0.4, 0.5) is 8.78 Å². The van der Waals surface area contributed by atoms with E-state index in [9.17, 15) is 26.8 Å². The summed E-state index contributed by atoms with van der Waals surface area (Å²) < 4.78 is 49.7. The number of fused-ring (bicyclic) bond motifs is 1. The second-order valence-electron chi connectivity index (χ2n) is 5.94. The summed E-state index contributed by atoms with van der Waals surface area (Å²) in [6.45, 7) is -0.00827. The van der Waals surface area contributed by atoms with E-state index in [0.717, 1.165) is 6.26 Å². The van der Waals surface area contributed by atoms with Gasteiger partial charge in [0.1, 0.15) is 0 Å². The lowest BCUT2D eigenvalue weighted by Crippen LogP contribution is -2.56. The summed E-state index contributed by atoms with van der Waals surface area (Å²) in [5.74, 6) is -6.73. The highest BCUT2D eigenvalue weighted by Gasteiger charge is 2.67. The second kappa shape index (κ2) is 4.57. The molecular formula is C14H14F2N2O4S. The molecule has 1 aliphatic carbocycles. The van der Waals surface area contributed by atoms with E-state index in [2.05, 4.69) is 5.32 Å². The molecule has 0 saturated heterocycles. The van der Waals surface area contributed by atoms with Crippen molar-refractivity contribution in [3.8, 4) is 0 Å². The Labute approximate surface area is 131 Å². The average Bonchev–Trinajstić information content (AvgIpc) is 2.92. The number of nitrogens with two attached hydrogens (primary N) is 1. The lowest BCUT2D eigenvalue weighted by atomic mass is 9.83. The van der Waals surface area contributed by atoms with Gasteiger partial charge in [0.05, 0.1) is 10.8 Å². The number of rotatable bonds is 4. The molecule has 3 rings (SSSR count). The molecule has 0 aromatic heterocycles. The number of benzene rings is 1. The van der Waals surface area contributed by atoms with Crippen molar-refractivity contribution < 1.29 is 26.8 Å². The molecule has 9 heteroatoms. The fraction of sp³-hybridized carbons (Fsp3) is 0.429. The Balaban J connectivity index is 2.10. The maximum absolute atomic E-state index is 13.2. The number of halogens is 2. The molecule has 1 aromatic rings. The van der Waals surface area contributed by atoms with Crippen LogP contribution in [0.25, 0.3) is 0 Å². The first-order chi connectivity index (χ1) is 10.5. The number of hydrogen-bond acceptors (Lipinski definition) is 5. The highest BCUT2D eigenvalue weighted by atomic mass is 32.2. The van der Waals surface area contributed by atoms with Crippen molar-refractivity contribution in [3.05, 3.63) is 29.3 Å². The van der Waals surface area contributed by atoms with Crippen molar-refractivity contribution in [2.24, 2.45) is 11.7 Å². The molecule has 0 radical (unpaired) electrons. The number of alkyl halides is 2. The first-order valence-electron chi connectivity index (χ1n) is 6.80. The zero-order chi connectivity index (χ0) is 17.2. The van der Waals surface area contributed by atoms with Crippen molar-refractivity contribution in [3.63, 3.8) is 0 Å². The Morgan fingerprint density at radius 2 is 1.96 bits per heavy atom. The van der Waals surface area contributed by atoms with E-state index in [-0.39, 0.29) is 17.0 Å². The Kier molecular flexibility index (Phi) is 3.18. The number of carbonyl (C=O) groups excluding carboxylic acids is 2. The van der Waals surface area contributed by atoms with Crippen LogP contribution >= 0.6 is 0 Å². The molecule has 6 nitrogen and oxygen atoms in total. The van der Waals surface area contributed by atoms with E-state index >= 15 is 0 Å². The van der Waals surface area contributed by atoms with E-state index in [1.165, 1.54) is 18.2 Å². The molecule has 1 aliphatic heterocycles. The van der Waals surface area contributed by atoms with Gasteiger partial charge in [0.25, 0.3) is 5.92 Å². The summed E-state index contributed by atoms with van der Waals surface area (Å²) in [7, 11) is -3.47. The minimum atomic E-state index is -3.47. The van der Waals surface area contributed by atoms with E-state index < -0.39 is 45.3 Å². The SMILES string of the molecule is CS(=O)(=O)c1ccc2c(c1)CNC2(C(N)=O)C(=O)[C@H]1CC1(F)F. The number of carbonyl (C=O) groups is 2. The van der Waals surface area contributed by atoms with Gasteiger partial charge < -0.3 is 5.73 Å². The molecule has 1 fully saturated rings. The van der Waals surface area contributed by atoms with Gasteiger partial charge in [-0.3, -0.25) is 14.9 Å². The fourth-order valence-electron chi connectivity index (χ4n) is 2.96. The summed E-state index contributed by atoms with van der Waals surface area (Å²) in [6, 6.07) is 3.84. The zero-order valence-electron chi connectivity index (χ0n) is 12.1. The molecule has 1 heterocycles. The fourth-order valence-corrected chi connectivity index (χ4v) is 3.63. The second-order valence-corrected chi connectivity index (χ2v) is 7.96. The molecule has 3 N–H and O–H groups in total. The van der Waals surface area contributed by atoms with Gasteiger partial charge in [-0.15, -0.1) is 0 Å². The van der Waals surface area contributed by atoms with Gasteiger partial charge >= 0.3 is 0 Å². The Hall–Kier alpha value is -1.87. The highest BCUT2D eigenvalue weighted by Crippen LogP contribution is 2.52. The van der Waals surface area contributed by atoms with Gasteiger partial charge in [-0.1, -0.05) is 6.07 Å². The van der Waals surface area contributed by atoms with Crippen LogP contribution in [0.15, 0.2) is 23.1 Å². The predicted molar refractivity (Wildman–Crippen MR) is 75.3 cm³/mol. The molecule has 1 aromatic carbocycles. The largest absolute Gasteiger partial charge is 0.367 e. The van der Waals surface area contributed by atoms with E-state index in [1.807, 2.05) is 0 Å². The number of amides is 1. The van der Waals surface area contributed by atoms with Crippen LogP contribution in [0.3, 0.4) is 0 Å². The predicted octanol–water partition coefficient (Wildman–Crippen LogP) is 0.0982. The van der Waals surface area contributed by atoms with Crippen LogP contribution in [0.2, 0.25) is 0 Å². The number of primary amides is 1. The maximum Gasteiger partial charge on any atom is 0.259 e. The van der Waals surface area contributed by atoms with E-state index in [1.54, 1.807) is 0 Å². The van der Waals surface area contributed by atoms with Crippen molar-refractivity contribution in [1.82, 2.24) is 5.32 Å². The Morgan fingerprint density at radius 1 is 1.35 bits per heavy atom. The highest BCUT2D eigenvalue weighted by molar-refractivity contribution is 7.90. The molecular weight excluding hydrogens is 330 g/mol. The first-order valence-corrected chi connectivity index (χ1v) is 8.70. The molecule has 1 unspecified atom stereocenters. The number of Topliss-reactive ketones (excluding diaryl/α,β-unsaturated/α-hetero) is 1. The third kappa shape index (κ3) is 2.26. The number of nitrogens with one attached hydrogen (secondary N) is 1. The Morgan fingerprint density at radius 3 is 2.43 bits per heavy atom. The van der Waals surface area contributed by atoms with Crippen LogP contribution in [0, 0.1) is 5.92 Å². The molecule has 124 valence electrons. The normalized spacial score (nSPS) is 28.2. The topological polar surface area (TPSA) is 106 Å². The average molecular weight is 344 g/mol. The first kappa shape index (κ1) is 16.0. The summed E-state index contributed by atoms with van der Waals surface area (Å²) in [4.78, 5) is 24.4. The molecule has 1 amide bonds. The molecule has 1 saturated carbocycles. The molecule has 0 bridgehead atoms. The van der Waals surface area contributed by atoms with Crippen LogP contribution in [0.1, 0.15) is 17.5 Å². The van der Waals surface area contributed by atoms with Gasteiger partial charge in [-0.05, 0) is 23.3 Å². The summed E-state index contributed by atoms with van der Waals surface area (Å²) >= 11 is 0. The van der Waals surface area contributed by atoms with Crippen LogP contribution < -0.4 is 11.1 Å². The zero-order valence-corrected chi connectivity index (χ0v) is 12.9. The van der Waals surface area contributed by atoms with Gasteiger partial charge in [-0.25, -0.2) is 17.2 Å². The van der Waals surface area contributed by atoms with Gasteiger partial charge in [0.2, 0.25) is 5.91 Å². The number of ketones is 1. The molecule has 23 heavy (non-hydrogen) atoms. The summed E-state index contributed by atoms with van der Waals surface area (Å²) in [6.07, 6.45) is 0.410. The standard InChI is InChI=1S/C14H14F2N2O4S/c1-23(21,22)8-2-3-9-7(4-8)6-18-14(9,12(17)20)11(19)10-5-13(10,15)16/h2-4,10,18H,5-6H2,1H3,(H2,17,20)/t10-,14?/m1/s1. The van der Waals surface area contributed by atoms with Crippen molar-refractivity contribution in [2.45, 2.75) is 29.3 Å².